The zero-order valence-corrected chi connectivity index (χ0v) is 59.2. The van der Waals surface area contributed by atoms with E-state index in [2.05, 4.69) is 41.9 Å². The molecule has 10 amide bonds. The molecular formula is C66H93N13O21S2. The van der Waals surface area contributed by atoms with Gasteiger partial charge >= 0.3 is 0 Å². The van der Waals surface area contributed by atoms with E-state index >= 15 is 9.00 Å². The van der Waals surface area contributed by atoms with Crippen molar-refractivity contribution in [2.24, 2.45) is 29.4 Å². The van der Waals surface area contributed by atoms with Crippen LogP contribution in [-0.4, -0.2) is 272 Å². The number of rotatable bonds is 28. The second-order valence-corrected chi connectivity index (χ2v) is 28.6. The number of carbonyl (C=O) groups excluding carboxylic acids is 12. The number of carbonyl (C=O) groups is 12. The molecular weight excluding hydrogens is 1370 g/mol. The van der Waals surface area contributed by atoms with Crippen molar-refractivity contribution < 1.29 is 101 Å². The number of amides is 10. The lowest BCUT2D eigenvalue weighted by Crippen LogP contribution is -2.60. The predicted molar refractivity (Wildman–Crippen MR) is 363 cm³/mol. The van der Waals surface area contributed by atoms with Gasteiger partial charge in [0.15, 0.2) is 11.6 Å². The van der Waals surface area contributed by atoms with Gasteiger partial charge in [-0.1, -0.05) is 32.4 Å². The minimum absolute atomic E-state index is 0.0315. The third kappa shape index (κ3) is 21.7. The molecule has 2 fully saturated rings. The maximum Gasteiger partial charge on any atom is 0.253 e. The molecule has 5 aliphatic rings. The molecule has 34 nitrogen and oxygen atoms in total. The van der Waals surface area contributed by atoms with Crippen LogP contribution in [-0.2, 0) is 113 Å². The Hall–Kier alpha value is -8.10. The first kappa shape index (κ1) is 79.6. The highest BCUT2D eigenvalue weighted by Gasteiger charge is 2.45. The lowest BCUT2D eigenvalue weighted by Gasteiger charge is -2.32. The molecule has 8 rings (SSSR count). The van der Waals surface area contributed by atoms with Gasteiger partial charge in [-0.2, -0.15) is 11.8 Å². The fourth-order valence-electron chi connectivity index (χ4n) is 12.7. The number of aromatic nitrogens is 4. The van der Waals surface area contributed by atoms with Gasteiger partial charge in [-0.3, -0.25) is 66.6 Å². The van der Waals surface area contributed by atoms with Crippen molar-refractivity contribution in [3.05, 3.63) is 47.3 Å². The molecule has 11 N–H and O–H groups in total. The maximum atomic E-state index is 15.5. The molecule has 0 aliphatic carbocycles. The number of nitrogens with one attached hydrogen (secondary N) is 6. The number of aromatic amines is 1. The molecule has 11 atom stereocenters. The van der Waals surface area contributed by atoms with Crippen LogP contribution < -0.4 is 37.1 Å². The van der Waals surface area contributed by atoms with Crippen LogP contribution in [0.15, 0.2) is 35.5 Å². The molecule has 5 aliphatic heterocycles. The standard InChI is InChI=1S/C66H93N13O21S2/c1-5-37(2)45-26-41(81)29-68-61(90)39-24-46-44-6-7-53(96-4)47(35-101-43-10-13-76(14-11-43)56(87)12-16-97-18-20-99-22-23-100-21-19-98-17-15-77-31-40(74-75-77)32-79-57(88)8-9-58(79)89)60(44)73-65(46)102(95)36-49(70-55(86)30-69-62(45)91)63(92)71-48(28-54(67)85)66(94)78-33-42(82)27-50(78)64(93)72-59(51(83)25-39)38(3)52(84)34-80/h6-9,31,37-39,42-43,45,48-50,52,59,73,80,82,84H,5,10-30,32-36H2,1-4H3,(H2,67,85)(H,68,90)(H,69,91)(H,70,86)(H,71,92)(H,72,93)/t37-,38-,39+,42+,45-,48-,49-,50-,52-,59-,102?/m0/s1. The Balaban J connectivity index is 0.952. The number of aliphatic hydroxyl groups is 3. The third-order valence-corrected chi connectivity index (χ3v) is 21.6. The second kappa shape index (κ2) is 38.4. The number of hydrogen-bond acceptors (Lipinski definition) is 24. The first-order valence-corrected chi connectivity index (χ1v) is 36.5. The first-order chi connectivity index (χ1) is 48.9. The van der Waals surface area contributed by atoms with Gasteiger partial charge in [-0.15, -0.1) is 5.10 Å². The number of ketones is 2. The zero-order chi connectivity index (χ0) is 73.7. The highest BCUT2D eigenvalue weighted by Crippen LogP contribution is 2.39. The number of H-pyrrole nitrogens is 1. The van der Waals surface area contributed by atoms with Crippen LogP contribution in [0.25, 0.3) is 10.9 Å². The number of fused-ring (bicyclic) bond motifs is 5. The average molecular weight is 1470 g/mol. The number of primary amides is 1. The van der Waals surface area contributed by atoms with Crippen molar-refractivity contribution in [1.82, 2.24) is 61.3 Å². The molecule has 0 spiro atoms. The number of Topliss-reactive ketones (excluding diaryl/α,β-unsaturated/α-hetero) is 2. The maximum absolute atomic E-state index is 15.5. The van der Waals surface area contributed by atoms with Gasteiger partial charge < -0.3 is 86.1 Å². The fraction of sp³-hybridized carbons (Fsp3) is 0.636. The molecule has 3 aromatic rings. The molecule has 0 saturated carbocycles. The van der Waals surface area contributed by atoms with E-state index in [0.717, 1.165) is 9.80 Å². The number of piperidine rings is 1. The minimum atomic E-state index is -2.43. The lowest BCUT2D eigenvalue weighted by atomic mass is 9.85. The monoisotopic (exact) mass is 1470 g/mol. The molecule has 1 aromatic carbocycles. The smallest absolute Gasteiger partial charge is 0.253 e. The van der Waals surface area contributed by atoms with E-state index < -0.39 is 200 Å². The number of aliphatic hydroxyl groups excluding tert-OH is 3. The summed E-state index contributed by atoms with van der Waals surface area (Å²) in [6.07, 6.45) is 0.0354. The Morgan fingerprint density at radius 2 is 1.49 bits per heavy atom. The highest BCUT2D eigenvalue weighted by atomic mass is 32.2. The van der Waals surface area contributed by atoms with Crippen LogP contribution in [0.3, 0.4) is 0 Å². The molecule has 1 unspecified atom stereocenters. The highest BCUT2D eigenvalue weighted by molar-refractivity contribution is 7.99. The molecule has 36 heteroatoms. The van der Waals surface area contributed by atoms with Crippen LogP contribution in [0.5, 0.6) is 5.75 Å². The molecule has 0 radical (unpaired) electrons. The Morgan fingerprint density at radius 1 is 0.824 bits per heavy atom. The van der Waals surface area contributed by atoms with Crippen LogP contribution >= 0.6 is 11.8 Å². The van der Waals surface area contributed by atoms with E-state index in [0.29, 0.717) is 99.8 Å². The van der Waals surface area contributed by atoms with Gasteiger partial charge in [-0.05, 0) is 42.9 Å². The summed E-state index contributed by atoms with van der Waals surface area (Å²) in [5.74, 6) is -13.5. The van der Waals surface area contributed by atoms with Crippen LogP contribution in [0, 0.1) is 23.7 Å². The number of methoxy groups -OCH3 is 1. The topological polar surface area (TPSA) is 471 Å². The van der Waals surface area contributed by atoms with Gasteiger partial charge in [0.1, 0.15) is 34.6 Å². The van der Waals surface area contributed by atoms with Gasteiger partial charge in [-0.25, -0.2) is 4.68 Å². The average Bonchev–Trinajstić information content (AvgIpc) is 1.61. The van der Waals surface area contributed by atoms with Crippen molar-refractivity contribution in [3.63, 3.8) is 0 Å². The quantitative estimate of drug-likeness (QED) is 0.0255. The molecule has 2 bridgehead atoms. The predicted octanol–water partition coefficient (Wildman–Crippen LogP) is -3.04. The summed E-state index contributed by atoms with van der Waals surface area (Å²) in [6, 6.07) is -3.67. The van der Waals surface area contributed by atoms with Crippen molar-refractivity contribution in [2.45, 2.75) is 144 Å². The summed E-state index contributed by atoms with van der Waals surface area (Å²) in [5, 5.41) is 53.2. The van der Waals surface area contributed by atoms with E-state index in [4.69, 9.17) is 29.4 Å². The van der Waals surface area contributed by atoms with Gasteiger partial charge in [0, 0.05) is 90.8 Å². The van der Waals surface area contributed by atoms with Crippen LogP contribution in [0.1, 0.15) is 89.0 Å². The van der Waals surface area contributed by atoms with Gasteiger partial charge in [0.25, 0.3) is 11.8 Å². The largest absolute Gasteiger partial charge is 0.496 e. The summed E-state index contributed by atoms with van der Waals surface area (Å²) in [6.45, 7) is 5.85. The molecule has 560 valence electrons. The van der Waals surface area contributed by atoms with E-state index in [1.54, 1.807) is 53.5 Å². The van der Waals surface area contributed by atoms with E-state index in [1.165, 1.54) is 26.2 Å². The Labute approximate surface area is 595 Å². The zero-order valence-electron chi connectivity index (χ0n) is 57.6. The van der Waals surface area contributed by atoms with Crippen molar-refractivity contribution in [1.29, 1.82) is 0 Å². The number of nitrogens with zero attached hydrogens (tertiary/aromatic N) is 6. The van der Waals surface area contributed by atoms with E-state index in [1.807, 2.05) is 0 Å². The summed E-state index contributed by atoms with van der Waals surface area (Å²) in [7, 11) is -0.969. The fourth-order valence-corrected chi connectivity index (χ4v) is 15.3. The first-order valence-electron chi connectivity index (χ1n) is 34.1. The normalized spacial score (nSPS) is 24.2. The van der Waals surface area contributed by atoms with Crippen molar-refractivity contribution >= 4 is 104 Å². The number of likely N-dealkylation sites (tertiary alicyclic amines) is 1. The SMILES string of the molecule is CC[C@H](C)[C@@H]1CC(=O)CNC(=O)[C@H]2CC(=O)[C@H]([C@@H](C)[C@@H](O)CO)NC(=O)[C@@H]3C[C@@H](O)CN3C(=O)[C@H](CC(N)=O)NC(=O)[C@H](CS(=O)c3[nH]c4c(CSC5CCN(C(=O)CCOCCOCCOCCOCCn6cc(CN7C(=O)C=CC7=O)nn6)CC5)c(OC)ccc4c3C2)NC(=O)CNC1=O. The minimum Gasteiger partial charge on any atom is -0.496 e. The molecule has 7 heterocycles. The number of thioether (sulfide) groups is 1. The Bertz CT molecular complexity index is 3560. The lowest BCUT2D eigenvalue weighted by molar-refractivity contribution is -0.144. The summed E-state index contributed by atoms with van der Waals surface area (Å²) in [5.41, 5.74) is 7.24. The number of imide groups is 1. The van der Waals surface area contributed by atoms with Crippen LogP contribution in [0.2, 0.25) is 0 Å². The third-order valence-electron chi connectivity index (χ3n) is 18.7. The number of benzene rings is 1. The Kier molecular flexibility index (Phi) is 30.0. The van der Waals surface area contributed by atoms with E-state index in [9.17, 15) is 68.1 Å². The number of nitrogens with two attached hydrogens (primary N) is 1. The molecule has 2 saturated heterocycles. The molecule has 2 aromatic heterocycles. The van der Waals surface area contributed by atoms with Crippen molar-refractivity contribution in [2.75, 3.05) is 105 Å². The summed E-state index contributed by atoms with van der Waals surface area (Å²) >= 11 is 1.57. The number of ether oxygens (including phenoxy) is 5. The van der Waals surface area contributed by atoms with Gasteiger partial charge in [0.05, 0.1) is 152 Å². The summed E-state index contributed by atoms with van der Waals surface area (Å²) in [4.78, 5) is 172. The second-order valence-electron chi connectivity index (χ2n) is 25.9. The van der Waals surface area contributed by atoms with E-state index in [-0.39, 0.29) is 60.3 Å². The van der Waals surface area contributed by atoms with Gasteiger partial charge in [0.2, 0.25) is 47.3 Å². The molecule has 102 heavy (non-hydrogen) atoms. The van der Waals surface area contributed by atoms with Crippen LogP contribution in [0.4, 0.5) is 0 Å². The van der Waals surface area contributed by atoms with Crippen molar-refractivity contribution in [3.8, 4) is 5.75 Å². The Morgan fingerprint density at radius 3 is 2.15 bits per heavy atom. The summed E-state index contributed by atoms with van der Waals surface area (Å²) < 4.78 is 45.4. The number of hydrogen-bond donors (Lipinski definition) is 10.